The Bertz CT molecular complexity index is 555. The lowest BCUT2D eigenvalue weighted by atomic mass is 10.1. The molecular formula is C15H16BrNO2. The molecule has 3 nitrogen and oxygen atoms in total. The van der Waals surface area contributed by atoms with E-state index in [4.69, 9.17) is 0 Å². The van der Waals surface area contributed by atoms with E-state index in [0.29, 0.717) is 12.1 Å². The maximum atomic E-state index is 9.72. The number of benzene rings is 2. The summed E-state index contributed by atoms with van der Waals surface area (Å²) in [5.41, 5.74) is 1.85. The fourth-order valence-electron chi connectivity index (χ4n) is 1.85. The van der Waals surface area contributed by atoms with Crippen LogP contribution in [-0.2, 0) is 6.54 Å². The second kappa shape index (κ2) is 6.08. The van der Waals surface area contributed by atoms with Gasteiger partial charge in [0.15, 0.2) is 11.5 Å². The summed E-state index contributed by atoms with van der Waals surface area (Å²) >= 11 is 3.41. The third-order valence-electron chi connectivity index (χ3n) is 3.07. The quantitative estimate of drug-likeness (QED) is 0.752. The van der Waals surface area contributed by atoms with Gasteiger partial charge in [-0.1, -0.05) is 40.2 Å². The number of hydrogen-bond donors (Lipinski definition) is 3. The van der Waals surface area contributed by atoms with E-state index in [9.17, 15) is 10.2 Å². The van der Waals surface area contributed by atoms with Crippen molar-refractivity contribution in [2.75, 3.05) is 0 Å². The third-order valence-corrected chi connectivity index (χ3v) is 3.60. The van der Waals surface area contributed by atoms with E-state index < -0.39 is 0 Å². The van der Waals surface area contributed by atoms with Crippen LogP contribution in [0.25, 0.3) is 0 Å². The van der Waals surface area contributed by atoms with Crippen LogP contribution < -0.4 is 5.32 Å². The van der Waals surface area contributed by atoms with Crippen molar-refractivity contribution in [3.05, 3.63) is 58.1 Å². The highest BCUT2D eigenvalue weighted by atomic mass is 79.9. The molecule has 4 heteroatoms. The Morgan fingerprint density at radius 2 is 1.79 bits per heavy atom. The standard InChI is InChI=1S/C15H16BrNO2/c1-10(11-5-7-13(16)8-6-11)17-9-12-3-2-4-14(18)15(12)19/h2-8,10,17-19H,9H2,1H3. The summed E-state index contributed by atoms with van der Waals surface area (Å²) in [5.74, 6) is -0.145. The van der Waals surface area contributed by atoms with E-state index in [-0.39, 0.29) is 17.5 Å². The number of halogens is 1. The van der Waals surface area contributed by atoms with Gasteiger partial charge in [-0.05, 0) is 30.7 Å². The van der Waals surface area contributed by atoms with Crippen LogP contribution in [0.4, 0.5) is 0 Å². The SMILES string of the molecule is CC(NCc1cccc(O)c1O)c1ccc(Br)cc1. The van der Waals surface area contributed by atoms with Crippen LogP contribution in [0.15, 0.2) is 46.9 Å². The zero-order valence-electron chi connectivity index (χ0n) is 10.6. The molecule has 0 aliphatic rings. The molecule has 2 rings (SSSR count). The van der Waals surface area contributed by atoms with Crippen LogP contribution in [0.5, 0.6) is 11.5 Å². The lowest BCUT2D eigenvalue weighted by Crippen LogP contribution is -2.18. The summed E-state index contributed by atoms with van der Waals surface area (Å²) in [5, 5.41) is 22.5. The topological polar surface area (TPSA) is 52.5 Å². The summed E-state index contributed by atoms with van der Waals surface area (Å²) < 4.78 is 1.05. The van der Waals surface area contributed by atoms with Crippen molar-refractivity contribution in [3.63, 3.8) is 0 Å². The molecule has 1 atom stereocenters. The first-order chi connectivity index (χ1) is 9.08. The summed E-state index contributed by atoms with van der Waals surface area (Å²) in [7, 11) is 0. The van der Waals surface area contributed by atoms with E-state index in [2.05, 4.69) is 28.2 Å². The molecule has 19 heavy (non-hydrogen) atoms. The summed E-state index contributed by atoms with van der Waals surface area (Å²) in [6, 6.07) is 13.2. The zero-order chi connectivity index (χ0) is 13.8. The molecule has 3 N–H and O–H groups in total. The van der Waals surface area contributed by atoms with Crippen LogP contribution in [0, 0.1) is 0 Å². The normalized spacial score (nSPS) is 12.3. The highest BCUT2D eigenvalue weighted by molar-refractivity contribution is 9.10. The number of aromatic hydroxyl groups is 2. The monoisotopic (exact) mass is 321 g/mol. The van der Waals surface area contributed by atoms with Crippen molar-refractivity contribution in [1.29, 1.82) is 0 Å². The van der Waals surface area contributed by atoms with Gasteiger partial charge in [-0.25, -0.2) is 0 Å². The van der Waals surface area contributed by atoms with E-state index in [0.717, 1.165) is 4.47 Å². The molecular weight excluding hydrogens is 306 g/mol. The highest BCUT2D eigenvalue weighted by Gasteiger charge is 2.08. The molecule has 0 aliphatic heterocycles. The first-order valence-corrected chi connectivity index (χ1v) is 6.86. The molecule has 0 aromatic heterocycles. The molecule has 0 heterocycles. The Labute approximate surface area is 121 Å². The van der Waals surface area contributed by atoms with E-state index >= 15 is 0 Å². The summed E-state index contributed by atoms with van der Waals surface area (Å²) in [6.45, 7) is 2.56. The second-order valence-electron chi connectivity index (χ2n) is 4.44. The fourth-order valence-corrected chi connectivity index (χ4v) is 2.12. The minimum Gasteiger partial charge on any atom is -0.504 e. The highest BCUT2D eigenvalue weighted by Crippen LogP contribution is 2.28. The van der Waals surface area contributed by atoms with Crippen LogP contribution in [-0.4, -0.2) is 10.2 Å². The minimum atomic E-state index is -0.0874. The number of hydrogen-bond acceptors (Lipinski definition) is 3. The number of rotatable bonds is 4. The van der Waals surface area contributed by atoms with Gasteiger partial charge in [-0.15, -0.1) is 0 Å². The number of phenols is 2. The van der Waals surface area contributed by atoms with E-state index in [1.165, 1.54) is 11.6 Å². The van der Waals surface area contributed by atoms with Gasteiger partial charge < -0.3 is 15.5 Å². The number of para-hydroxylation sites is 1. The summed E-state index contributed by atoms with van der Waals surface area (Å²) in [4.78, 5) is 0. The molecule has 0 saturated heterocycles. The number of phenolic OH excluding ortho intramolecular Hbond substituents is 2. The zero-order valence-corrected chi connectivity index (χ0v) is 12.2. The summed E-state index contributed by atoms with van der Waals surface area (Å²) in [6.07, 6.45) is 0. The lowest BCUT2D eigenvalue weighted by Gasteiger charge is -2.15. The Kier molecular flexibility index (Phi) is 4.45. The molecule has 2 aromatic rings. The first kappa shape index (κ1) is 13.9. The van der Waals surface area contributed by atoms with E-state index in [1.54, 1.807) is 12.1 Å². The van der Waals surface area contributed by atoms with Crippen LogP contribution in [0.2, 0.25) is 0 Å². The van der Waals surface area contributed by atoms with E-state index in [1.807, 2.05) is 24.3 Å². The Morgan fingerprint density at radius 3 is 2.47 bits per heavy atom. The third kappa shape index (κ3) is 3.49. The molecule has 0 saturated carbocycles. The molecule has 1 unspecified atom stereocenters. The van der Waals surface area contributed by atoms with Gasteiger partial charge in [0.05, 0.1) is 0 Å². The first-order valence-electron chi connectivity index (χ1n) is 6.06. The van der Waals surface area contributed by atoms with Crippen LogP contribution in [0.1, 0.15) is 24.1 Å². The van der Waals surface area contributed by atoms with Gasteiger partial charge in [0, 0.05) is 22.6 Å². The predicted molar refractivity (Wildman–Crippen MR) is 79.2 cm³/mol. The molecule has 0 radical (unpaired) electrons. The molecule has 0 spiro atoms. The predicted octanol–water partition coefficient (Wildman–Crippen LogP) is 3.71. The Morgan fingerprint density at radius 1 is 1.11 bits per heavy atom. The molecule has 0 amide bonds. The maximum absolute atomic E-state index is 9.72. The van der Waals surface area contributed by atoms with Gasteiger partial charge in [-0.2, -0.15) is 0 Å². The number of nitrogens with one attached hydrogen (secondary N) is 1. The largest absolute Gasteiger partial charge is 0.504 e. The Hall–Kier alpha value is -1.52. The van der Waals surface area contributed by atoms with Gasteiger partial charge in [-0.3, -0.25) is 0 Å². The van der Waals surface area contributed by atoms with Crippen molar-refractivity contribution in [3.8, 4) is 11.5 Å². The van der Waals surface area contributed by atoms with Gasteiger partial charge in [0.1, 0.15) is 0 Å². The van der Waals surface area contributed by atoms with Gasteiger partial charge >= 0.3 is 0 Å². The van der Waals surface area contributed by atoms with Crippen LogP contribution >= 0.6 is 15.9 Å². The molecule has 2 aromatic carbocycles. The Balaban J connectivity index is 2.02. The van der Waals surface area contributed by atoms with Crippen molar-refractivity contribution in [1.82, 2.24) is 5.32 Å². The maximum Gasteiger partial charge on any atom is 0.161 e. The fraction of sp³-hybridized carbons (Fsp3) is 0.200. The average Bonchev–Trinajstić information content (AvgIpc) is 2.41. The lowest BCUT2D eigenvalue weighted by molar-refractivity contribution is 0.396. The van der Waals surface area contributed by atoms with Crippen molar-refractivity contribution >= 4 is 15.9 Å². The van der Waals surface area contributed by atoms with Gasteiger partial charge in [0.25, 0.3) is 0 Å². The minimum absolute atomic E-state index is 0.0574. The average molecular weight is 322 g/mol. The molecule has 100 valence electrons. The van der Waals surface area contributed by atoms with Crippen molar-refractivity contribution in [2.45, 2.75) is 19.5 Å². The van der Waals surface area contributed by atoms with Crippen molar-refractivity contribution in [2.24, 2.45) is 0 Å². The second-order valence-corrected chi connectivity index (χ2v) is 5.35. The smallest absolute Gasteiger partial charge is 0.161 e. The molecule has 0 fully saturated rings. The van der Waals surface area contributed by atoms with Gasteiger partial charge in [0.2, 0.25) is 0 Å². The van der Waals surface area contributed by atoms with Crippen molar-refractivity contribution < 1.29 is 10.2 Å². The molecule has 0 aliphatic carbocycles. The van der Waals surface area contributed by atoms with Crippen LogP contribution in [0.3, 0.4) is 0 Å². The molecule has 0 bridgehead atoms.